The second-order valence-corrected chi connectivity index (χ2v) is 9.87. The number of hydrogen-bond acceptors (Lipinski definition) is 3. The summed E-state index contributed by atoms with van der Waals surface area (Å²) in [5.41, 5.74) is 3.96. The van der Waals surface area contributed by atoms with E-state index in [-0.39, 0.29) is 20.7 Å². The third kappa shape index (κ3) is 4.31. The third-order valence-electron chi connectivity index (χ3n) is 6.10. The number of benzene rings is 3. The summed E-state index contributed by atoms with van der Waals surface area (Å²) in [6, 6.07) is 20.4. The van der Waals surface area contributed by atoms with Gasteiger partial charge in [0.25, 0.3) is 11.8 Å². The Morgan fingerprint density at radius 1 is 0.944 bits per heavy atom. The van der Waals surface area contributed by atoms with Gasteiger partial charge < -0.3 is 4.57 Å². The first-order valence-electron chi connectivity index (χ1n) is 10.9. The van der Waals surface area contributed by atoms with E-state index in [1.165, 1.54) is 4.90 Å². The van der Waals surface area contributed by atoms with Gasteiger partial charge in [-0.1, -0.05) is 71.2 Å². The Kier molecular flexibility index (Phi) is 6.62. The molecule has 3 aromatic carbocycles. The molecule has 5 nitrogen and oxygen atoms in total. The SMILES string of the molecule is Cc1c(/C=C2\C(=O)NC(=S)N(c3cccc(Cl)c3Cl)C2=O)c2ccccc2n1Cc1ccc(Cl)cc1. The standard InChI is InChI=1S/C27H18Cl3N3O2S/c1-15-19(18-5-2-3-7-22(18)32(15)14-16-9-11-17(28)12-10-16)13-20-25(34)31-27(36)33(26(20)35)23-8-4-6-21(29)24(23)30/h2-13H,14H2,1H3,(H,31,34,36)/b20-13+. The molecular formula is C27H18Cl3N3O2S. The van der Waals surface area contributed by atoms with Gasteiger partial charge in [0.05, 0.1) is 15.7 Å². The molecule has 180 valence electrons. The van der Waals surface area contributed by atoms with E-state index < -0.39 is 11.8 Å². The predicted molar refractivity (Wildman–Crippen MR) is 150 cm³/mol. The van der Waals surface area contributed by atoms with Gasteiger partial charge in [0.1, 0.15) is 5.57 Å². The van der Waals surface area contributed by atoms with Gasteiger partial charge in [0, 0.05) is 33.7 Å². The Morgan fingerprint density at radius 2 is 1.67 bits per heavy atom. The summed E-state index contributed by atoms with van der Waals surface area (Å²) in [6.07, 6.45) is 1.61. The van der Waals surface area contributed by atoms with Gasteiger partial charge in [-0.2, -0.15) is 0 Å². The van der Waals surface area contributed by atoms with Crippen LogP contribution >= 0.6 is 47.0 Å². The van der Waals surface area contributed by atoms with Crippen molar-refractivity contribution >= 4 is 86.6 Å². The van der Waals surface area contributed by atoms with Crippen molar-refractivity contribution in [2.24, 2.45) is 0 Å². The number of nitrogens with one attached hydrogen (secondary N) is 1. The van der Waals surface area contributed by atoms with Crippen molar-refractivity contribution in [1.29, 1.82) is 0 Å². The second-order valence-electron chi connectivity index (χ2n) is 8.26. The third-order valence-corrected chi connectivity index (χ3v) is 7.44. The van der Waals surface area contributed by atoms with Crippen LogP contribution in [0.5, 0.6) is 0 Å². The highest BCUT2D eigenvalue weighted by molar-refractivity contribution is 7.80. The molecule has 0 saturated carbocycles. The highest BCUT2D eigenvalue weighted by Crippen LogP contribution is 2.35. The van der Waals surface area contributed by atoms with Gasteiger partial charge in [-0.05, 0) is 61.1 Å². The lowest BCUT2D eigenvalue weighted by Gasteiger charge is -2.29. The van der Waals surface area contributed by atoms with Crippen LogP contribution in [0.25, 0.3) is 17.0 Å². The zero-order valence-corrected chi connectivity index (χ0v) is 22.0. The normalized spacial score (nSPS) is 15.2. The Morgan fingerprint density at radius 3 is 2.42 bits per heavy atom. The molecule has 1 aliphatic rings. The van der Waals surface area contributed by atoms with Crippen LogP contribution in [0, 0.1) is 6.92 Å². The first kappa shape index (κ1) is 24.5. The van der Waals surface area contributed by atoms with Crippen LogP contribution in [0.4, 0.5) is 5.69 Å². The lowest BCUT2D eigenvalue weighted by Crippen LogP contribution is -2.54. The molecule has 2 amide bonds. The number of rotatable bonds is 4. The Balaban J connectivity index is 1.62. The molecule has 4 aromatic rings. The number of carbonyl (C=O) groups excluding carboxylic acids is 2. The minimum atomic E-state index is -0.582. The van der Waals surface area contributed by atoms with E-state index >= 15 is 0 Å². The molecular weight excluding hydrogens is 537 g/mol. The minimum absolute atomic E-state index is 0.0582. The molecule has 1 fully saturated rings. The van der Waals surface area contributed by atoms with Gasteiger partial charge in [-0.15, -0.1) is 0 Å². The van der Waals surface area contributed by atoms with Gasteiger partial charge in [-0.25, -0.2) is 0 Å². The first-order chi connectivity index (χ1) is 17.3. The average Bonchev–Trinajstić information content (AvgIpc) is 3.11. The van der Waals surface area contributed by atoms with Crippen molar-refractivity contribution in [2.75, 3.05) is 4.90 Å². The summed E-state index contributed by atoms with van der Waals surface area (Å²) >= 11 is 23.9. The van der Waals surface area contributed by atoms with Crippen LogP contribution in [0.2, 0.25) is 15.1 Å². The lowest BCUT2D eigenvalue weighted by atomic mass is 10.0. The predicted octanol–water partition coefficient (Wildman–Crippen LogP) is 6.79. The molecule has 1 saturated heterocycles. The van der Waals surface area contributed by atoms with Crippen molar-refractivity contribution in [3.05, 3.63) is 104 Å². The van der Waals surface area contributed by atoms with Crippen molar-refractivity contribution in [3.8, 4) is 0 Å². The van der Waals surface area contributed by atoms with Gasteiger partial charge in [-0.3, -0.25) is 19.8 Å². The summed E-state index contributed by atoms with van der Waals surface area (Å²) in [5, 5.41) is 4.56. The Hall–Kier alpha value is -3.16. The Bertz CT molecular complexity index is 1590. The number of hydrogen-bond donors (Lipinski definition) is 1. The minimum Gasteiger partial charge on any atom is -0.340 e. The van der Waals surface area contributed by atoms with E-state index in [4.69, 9.17) is 47.0 Å². The van der Waals surface area contributed by atoms with E-state index in [0.29, 0.717) is 17.3 Å². The molecule has 1 N–H and O–H groups in total. The molecule has 0 atom stereocenters. The van der Waals surface area contributed by atoms with E-state index in [1.54, 1.807) is 24.3 Å². The zero-order valence-electron chi connectivity index (χ0n) is 18.9. The highest BCUT2D eigenvalue weighted by atomic mass is 35.5. The summed E-state index contributed by atoms with van der Waals surface area (Å²) in [5.74, 6) is -1.16. The molecule has 0 spiro atoms. The number of anilines is 1. The van der Waals surface area contributed by atoms with Crippen molar-refractivity contribution < 1.29 is 9.59 Å². The maximum absolute atomic E-state index is 13.6. The average molecular weight is 555 g/mol. The van der Waals surface area contributed by atoms with Gasteiger partial charge >= 0.3 is 0 Å². The molecule has 0 aliphatic carbocycles. The number of fused-ring (bicyclic) bond motifs is 1. The van der Waals surface area contributed by atoms with Crippen LogP contribution < -0.4 is 10.2 Å². The van der Waals surface area contributed by atoms with E-state index in [9.17, 15) is 9.59 Å². The van der Waals surface area contributed by atoms with Crippen LogP contribution in [-0.4, -0.2) is 21.5 Å². The highest BCUT2D eigenvalue weighted by Gasteiger charge is 2.36. The first-order valence-corrected chi connectivity index (χ1v) is 12.5. The van der Waals surface area contributed by atoms with Crippen molar-refractivity contribution in [3.63, 3.8) is 0 Å². The molecule has 36 heavy (non-hydrogen) atoms. The van der Waals surface area contributed by atoms with E-state index in [0.717, 1.165) is 27.7 Å². The molecule has 2 heterocycles. The quantitative estimate of drug-likeness (QED) is 0.172. The summed E-state index contributed by atoms with van der Waals surface area (Å²) in [7, 11) is 0. The fraction of sp³-hybridized carbons (Fsp3) is 0.0741. The summed E-state index contributed by atoms with van der Waals surface area (Å²) < 4.78 is 2.15. The molecule has 9 heteroatoms. The maximum atomic E-state index is 13.6. The smallest absolute Gasteiger partial charge is 0.270 e. The molecule has 0 bridgehead atoms. The van der Waals surface area contributed by atoms with Crippen molar-refractivity contribution in [2.45, 2.75) is 13.5 Å². The molecule has 5 rings (SSSR count). The zero-order chi connectivity index (χ0) is 25.6. The van der Waals surface area contributed by atoms with Crippen LogP contribution in [0.15, 0.2) is 72.3 Å². The number of carbonyl (C=O) groups is 2. The number of amides is 2. The fourth-order valence-electron chi connectivity index (χ4n) is 4.30. The summed E-state index contributed by atoms with van der Waals surface area (Å²) in [6.45, 7) is 2.56. The fourth-order valence-corrected chi connectivity index (χ4v) is 5.08. The molecule has 0 unspecified atom stereocenters. The van der Waals surface area contributed by atoms with Crippen LogP contribution in [-0.2, 0) is 16.1 Å². The monoisotopic (exact) mass is 553 g/mol. The van der Waals surface area contributed by atoms with E-state index in [1.807, 2.05) is 55.5 Å². The van der Waals surface area contributed by atoms with Gasteiger partial charge in [0.2, 0.25) is 0 Å². The van der Waals surface area contributed by atoms with Crippen LogP contribution in [0.1, 0.15) is 16.8 Å². The molecule has 1 aliphatic heterocycles. The largest absolute Gasteiger partial charge is 0.340 e. The number of para-hydroxylation sites is 1. The number of aromatic nitrogens is 1. The molecule has 0 radical (unpaired) electrons. The topological polar surface area (TPSA) is 54.3 Å². The number of thiocarbonyl (C=S) groups is 1. The van der Waals surface area contributed by atoms with Gasteiger partial charge in [0.15, 0.2) is 5.11 Å². The summed E-state index contributed by atoms with van der Waals surface area (Å²) in [4.78, 5) is 27.7. The number of nitrogens with zero attached hydrogens (tertiary/aromatic N) is 2. The van der Waals surface area contributed by atoms with E-state index in [2.05, 4.69) is 9.88 Å². The second kappa shape index (κ2) is 9.71. The Labute approximate surface area is 227 Å². The number of halogens is 3. The van der Waals surface area contributed by atoms with Crippen LogP contribution in [0.3, 0.4) is 0 Å². The maximum Gasteiger partial charge on any atom is 0.270 e. The molecule has 1 aromatic heterocycles. The van der Waals surface area contributed by atoms with Crippen molar-refractivity contribution in [1.82, 2.24) is 9.88 Å². The lowest BCUT2D eigenvalue weighted by molar-refractivity contribution is -0.122.